The van der Waals surface area contributed by atoms with Crippen molar-refractivity contribution in [2.75, 3.05) is 18.0 Å². The van der Waals surface area contributed by atoms with Gasteiger partial charge in [-0.15, -0.1) is 11.3 Å². The highest BCUT2D eigenvalue weighted by Crippen LogP contribution is 2.37. The lowest BCUT2D eigenvalue weighted by molar-refractivity contribution is -0.141. The van der Waals surface area contributed by atoms with Crippen LogP contribution in [0.1, 0.15) is 18.7 Å². The maximum absolute atomic E-state index is 11.4. The molecule has 4 rings (SSSR count). The molecule has 128 valence electrons. The summed E-state index contributed by atoms with van der Waals surface area (Å²) < 4.78 is 0. The molecule has 0 bridgehead atoms. The highest BCUT2D eigenvalue weighted by molar-refractivity contribution is 7.21. The van der Waals surface area contributed by atoms with Gasteiger partial charge in [0.05, 0.1) is 11.3 Å². The van der Waals surface area contributed by atoms with Crippen molar-refractivity contribution >= 4 is 33.3 Å². The highest BCUT2D eigenvalue weighted by Gasteiger charge is 2.27. The van der Waals surface area contributed by atoms with Crippen LogP contribution in [0.2, 0.25) is 0 Å². The summed E-state index contributed by atoms with van der Waals surface area (Å²) in [7, 11) is 0. The summed E-state index contributed by atoms with van der Waals surface area (Å²) in [5.41, 5.74) is 1.16. The van der Waals surface area contributed by atoms with Crippen molar-refractivity contribution in [3.05, 3.63) is 42.2 Å². The molecule has 0 radical (unpaired) electrons. The van der Waals surface area contributed by atoms with Gasteiger partial charge in [0.15, 0.2) is 0 Å². The van der Waals surface area contributed by atoms with Gasteiger partial charge < -0.3 is 10.0 Å². The van der Waals surface area contributed by atoms with Crippen molar-refractivity contribution < 1.29 is 9.90 Å². The van der Waals surface area contributed by atoms with Gasteiger partial charge in [-0.2, -0.15) is 0 Å². The first-order valence-electron chi connectivity index (χ1n) is 8.43. The zero-order chi connectivity index (χ0) is 17.4. The van der Waals surface area contributed by atoms with Crippen LogP contribution in [0.3, 0.4) is 0 Å². The molecule has 1 aliphatic rings. The van der Waals surface area contributed by atoms with Crippen molar-refractivity contribution in [3.63, 3.8) is 0 Å². The van der Waals surface area contributed by atoms with Crippen LogP contribution in [0, 0.1) is 12.8 Å². The number of carboxylic acids is 1. The Balaban J connectivity index is 1.78. The van der Waals surface area contributed by atoms with E-state index in [1.54, 1.807) is 11.3 Å². The van der Waals surface area contributed by atoms with E-state index in [1.807, 2.05) is 25.1 Å². The van der Waals surface area contributed by atoms with E-state index in [4.69, 9.17) is 0 Å². The summed E-state index contributed by atoms with van der Waals surface area (Å²) in [5, 5.41) is 10.4. The van der Waals surface area contributed by atoms with Crippen LogP contribution >= 0.6 is 11.3 Å². The lowest BCUT2D eigenvalue weighted by Gasteiger charge is -2.32. The van der Waals surface area contributed by atoms with Crippen LogP contribution < -0.4 is 4.90 Å². The molecule has 0 unspecified atom stereocenters. The third-order valence-electron chi connectivity index (χ3n) is 4.61. The lowest BCUT2D eigenvalue weighted by Crippen LogP contribution is -2.39. The molecule has 0 amide bonds. The Labute approximate surface area is 150 Å². The molecule has 6 heteroatoms. The number of aromatic nitrogens is 2. The van der Waals surface area contributed by atoms with Gasteiger partial charge in [0.2, 0.25) is 0 Å². The average Bonchev–Trinajstić information content (AvgIpc) is 3.05. The number of rotatable bonds is 3. The first-order valence-corrected chi connectivity index (χ1v) is 9.25. The Bertz CT molecular complexity index is 923. The fraction of sp³-hybridized carbons (Fsp3) is 0.316. The lowest BCUT2D eigenvalue weighted by atomic mass is 9.98. The van der Waals surface area contributed by atoms with Crippen molar-refractivity contribution in [3.8, 4) is 10.4 Å². The van der Waals surface area contributed by atoms with Crippen molar-refractivity contribution in [2.45, 2.75) is 19.8 Å². The SMILES string of the molecule is Cc1nc(N2CCC[C@H](C(=O)O)C2)c2cc(-c3ccccc3)sc2n1. The number of nitrogens with zero attached hydrogens (tertiary/aromatic N) is 3. The van der Waals surface area contributed by atoms with Crippen molar-refractivity contribution in [1.82, 2.24) is 9.97 Å². The van der Waals surface area contributed by atoms with Gasteiger partial charge >= 0.3 is 5.97 Å². The maximum Gasteiger partial charge on any atom is 0.308 e. The molecule has 1 atom stereocenters. The fourth-order valence-electron chi connectivity index (χ4n) is 3.37. The monoisotopic (exact) mass is 353 g/mol. The molecule has 25 heavy (non-hydrogen) atoms. The van der Waals surface area contributed by atoms with Crippen molar-refractivity contribution in [1.29, 1.82) is 0 Å². The number of benzene rings is 1. The standard InChI is InChI=1S/C19H19N3O2S/c1-12-20-17(22-9-5-8-14(11-22)19(23)24)15-10-16(25-18(15)21-12)13-6-3-2-4-7-13/h2-4,6-7,10,14H,5,8-9,11H2,1H3,(H,23,24)/t14-/m0/s1. The van der Waals surface area contributed by atoms with E-state index >= 15 is 0 Å². The number of carboxylic acid groups (broad SMARTS) is 1. The summed E-state index contributed by atoms with van der Waals surface area (Å²) in [6, 6.07) is 12.4. The second-order valence-corrected chi connectivity index (χ2v) is 7.44. The second-order valence-electron chi connectivity index (χ2n) is 6.41. The highest BCUT2D eigenvalue weighted by atomic mass is 32.1. The smallest absolute Gasteiger partial charge is 0.308 e. The summed E-state index contributed by atoms with van der Waals surface area (Å²) in [4.78, 5) is 24.9. The number of piperidine rings is 1. The molecular formula is C19H19N3O2S. The van der Waals surface area contributed by atoms with Gasteiger partial charge in [-0.3, -0.25) is 4.79 Å². The summed E-state index contributed by atoms with van der Waals surface area (Å²) in [5.74, 6) is 0.543. The van der Waals surface area contributed by atoms with E-state index in [1.165, 1.54) is 0 Å². The molecule has 0 spiro atoms. The van der Waals surface area contributed by atoms with Crippen LogP contribution in [-0.4, -0.2) is 34.1 Å². The minimum atomic E-state index is -0.720. The molecule has 1 saturated heterocycles. The van der Waals surface area contributed by atoms with E-state index in [0.717, 1.165) is 51.7 Å². The summed E-state index contributed by atoms with van der Waals surface area (Å²) in [6.45, 7) is 3.24. The number of aryl methyl sites for hydroxylation is 1. The zero-order valence-corrected chi connectivity index (χ0v) is 14.8. The molecule has 1 aliphatic heterocycles. The van der Waals surface area contributed by atoms with Gasteiger partial charge in [0.1, 0.15) is 16.5 Å². The molecule has 1 N–H and O–H groups in total. The third-order valence-corrected chi connectivity index (χ3v) is 5.69. The number of aliphatic carboxylic acids is 1. The van der Waals surface area contributed by atoms with Crippen LogP contribution in [0.15, 0.2) is 36.4 Å². The first-order chi connectivity index (χ1) is 12.1. The number of thiophene rings is 1. The number of hydrogen-bond donors (Lipinski definition) is 1. The summed E-state index contributed by atoms with van der Waals surface area (Å²) in [6.07, 6.45) is 1.61. The molecule has 1 fully saturated rings. The molecular weight excluding hydrogens is 334 g/mol. The summed E-state index contributed by atoms with van der Waals surface area (Å²) >= 11 is 1.66. The van der Waals surface area contributed by atoms with E-state index in [9.17, 15) is 9.90 Å². The Kier molecular flexibility index (Phi) is 4.13. The quantitative estimate of drug-likeness (QED) is 0.772. The Morgan fingerprint density at radius 1 is 1.28 bits per heavy atom. The van der Waals surface area contributed by atoms with E-state index < -0.39 is 5.97 Å². The predicted octanol–water partition coefficient (Wildman–Crippen LogP) is 3.97. The Hall–Kier alpha value is -2.47. The zero-order valence-electron chi connectivity index (χ0n) is 14.0. The first kappa shape index (κ1) is 16.0. The Morgan fingerprint density at radius 3 is 2.84 bits per heavy atom. The molecule has 0 aliphatic carbocycles. The van der Waals surface area contributed by atoms with Crippen molar-refractivity contribution in [2.24, 2.45) is 5.92 Å². The molecule has 1 aromatic carbocycles. The largest absolute Gasteiger partial charge is 0.481 e. The number of hydrogen-bond acceptors (Lipinski definition) is 5. The van der Waals surface area contributed by atoms with Gasteiger partial charge in [0.25, 0.3) is 0 Å². The molecule has 3 aromatic rings. The van der Waals surface area contributed by atoms with Gasteiger partial charge in [-0.25, -0.2) is 9.97 Å². The van der Waals surface area contributed by atoms with Crippen LogP contribution in [-0.2, 0) is 4.79 Å². The molecule has 0 saturated carbocycles. The van der Waals surface area contributed by atoms with E-state index in [0.29, 0.717) is 6.54 Å². The van der Waals surface area contributed by atoms with E-state index in [-0.39, 0.29) is 5.92 Å². The number of fused-ring (bicyclic) bond motifs is 1. The van der Waals surface area contributed by atoms with Crippen LogP contribution in [0.25, 0.3) is 20.7 Å². The molecule has 5 nitrogen and oxygen atoms in total. The third kappa shape index (κ3) is 3.09. The normalized spacial score (nSPS) is 17.8. The minimum Gasteiger partial charge on any atom is -0.481 e. The second kappa shape index (κ2) is 6.44. The average molecular weight is 353 g/mol. The van der Waals surface area contributed by atoms with Gasteiger partial charge in [0, 0.05) is 18.0 Å². The minimum absolute atomic E-state index is 0.327. The van der Waals surface area contributed by atoms with Gasteiger partial charge in [-0.05, 0) is 31.4 Å². The predicted molar refractivity (Wildman–Crippen MR) is 100 cm³/mol. The topological polar surface area (TPSA) is 66.3 Å². The molecule has 3 heterocycles. The molecule has 2 aromatic heterocycles. The van der Waals surface area contributed by atoms with E-state index in [2.05, 4.69) is 33.1 Å². The number of anilines is 1. The van der Waals surface area contributed by atoms with Crippen LogP contribution in [0.4, 0.5) is 5.82 Å². The number of carbonyl (C=O) groups is 1. The fourth-order valence-corrected chi connectivity index (χ4v) is 4.44. The van der Waals surface area contributed by atoms with Gasteiger partial charge in [-0.1, -0.05) is 30.3 Å². The Morgan fingerprint density at radius 2 is 2.08 bits per heavy atom. The van der Waals surface area contributed by atoms with Crippen LogP contribution in [0.5, 0.6) is 0 Å². The maximum atomic E-state index is 11.4.